The molecule has 1 atom stereocenters. The van der Waals surface area contributed by atoms with Crippen molar-refractivity contribution in [2.45, 2.75) is 88.6 Å². The number of aromatic nitrogens is 1. The number of carbonyl (C=O) groups excluding carboxylic acids is 2. The van der Waals surface area contributed by atoms with Crippen LogP contribution in [0.5, 0.6) is 0 Å². The van der Waals surface area contributed by atoms with E-state index in [4.69, 9.17) is 4.74 Å². The van der Waals surface area contributed by atoms with Crippen LogP contribution in [0, 0.1) is 0 Å². The number of thiazole rings is 1. The first-order valence-electron chi connectivity index (χ1n) is 11.6. The minimum atomic E-state index is -3.92. The Morgan fingerprint density at radius 3 is 2.19 bits per heavy atom. The second kappa shape index (κ2) is 11.1. The minimum Gasteiger partial charge on any atom is -0.442 e. The van der Waals surface area contributed by atoms with Crippen LogP contribution in [0.3, 0.4) is 0 Å². The number of hydrogen-bond acceptors (Lipinski definition) is 7. The maximum Gasteiger partial charge on any atom is 1.00 e. The van der Waals surface area contributed by atoms with E-state index in [9.17, 15) is 18.9 Å². The summed E-state index contributed by atoms with van der Waals surface area (Å²) in [6.07, 6.45) is 5.82. The van der Waals surface area contributed by atoms with Gasteiger partial charge in [0.2, 0.25) is 0 Å². The first-order valence-corrected chi connectivity index (χ1v) is 13.9. The molecular weight excluding hydrogens is 528 g/mol. The molecule has 190 valence electrons. The second-order valence-corrected chi connectivity index (χ2v) is 13.5. The van der Waals surface area contributed by atoms with Crippen molar-refractivity contribution in [3.63, 3.8) is 0 Å². The number of carbonyl (C=O) groups is 2. The average molecular weight is 559 g/mol. The number of nitrogens with zero attached hydrogens (tertiary/aromatic N) is 3. The molecule has 0 aliphatic heterocycles. The van der Waals surface area contributed by atoms with Gasteiger partial charge in [0.05, 0.1) is 6.20 Å². The number of amides is 3. The van der Waals surface area contributed by atoms with Crippen molar-refractivity contribution in [3.05, 3.63) is 44.2 Å². The fourth-order valence-corrected chi connectivity index (χ4v) is 6.83. The first kappa shape index (κ1) is 29.7. The van der Waals surface area contributed by atoms with Crippen LogP contribution in [0.15, 0.2) is 20.8 Å². The summed E-state index contributed by atoms with van der Waals surface area (Å²) in [6, 6.07) is 1.39. The Hall–Kier alpha value is -0.864. The Morgan fingerprint density at radius 1 is 1.11 bits per heavy atom. The van der Waals surface area contributed by atoms with Gasteiger partial charge in [-0.05, 0) is 101 Å². The van der Waals surface area contributed by atoms with E-state index in [1.165, 1.54) is 31.2 Å². The van der Waals surface area contributed by atoms with Crippen LogP contribution >= 0.6 is 11.3 Å². The topological polar surface area (TPSA) is 132 Å². The largest absolute Gasteiger partial charge is 1.00 e. The molecule has 2 aliphatic carbocycles. The van der Waals surface area contributed by atoms with Gasteiger partial charge in [-0.15, -0.1) is 15.7 Å². The van der Waals surface area contributed by atoms with Crippen molar-refractivity contribution in [1.82, 2.24) is 4.98 Å². The Balaban J connectivity index is 0.00000361. The van der Waals surface area contributed by atoms with E-state index < -0.39 is 33.2 Å². The van der Waals surface area contributed by atoms with Crippen LogP contribution in [0.2, 0.25) is 0 Å². The molecule has 0 spiro atoms. The molecule has 12 heteroatoms. The number of ether oxygens (including phenoxy) is 1. The van der Waals surface area contributed by atoms with Gasteiger partial charge in [-0.1, -0.05) is 6.07 Å². The smallest absolute Gasteiger partial charge is 0.442 e. The SMILES string of the molecule is CC(C)(C)OC(=O)N=S(=O)([N-]C(=O)Nc1c2c(cc3c1CCC3)CCC2)c1cnc(C(C)(C)O)s1.[K+]. The molecule has 4 rings (SSSR count). The summed E-state index contributed by atoms with van der Waals surface area (Å²) < 4.78 is 26.7. The molecular formula is C24H31KN4O5S2. The van der Waals surface area contributed by atoms with Crippen LogP contribution < -0.4 is 56.7 Å². The van der Waals surface area contributed by atoms with E-state index in [-0.39, 0.29) is 60.6 Å². The van der Waals surface area contributed by atoms with Crippen molar-refractivity contribution in [2.24, 2.45) is 4.36 Å². The number of benzene rings is 1. The van der Waals surface area contributed by atoms with E-state index in [2.05, 4.69) is 25.5 Å². The molecule has 2 aliphatic rings. The Labute approximate surface area is 258 Å². The van der Waals surface area contributed by atoms with Gasteiger partial charge in [0, 0.05) is 0 Å². The summed E-state index contributed by atoms with van der Waals surface area (Å²) in [6.45, 7) is 8.02. The summed E-state index contributed by atoms with van der Waals surface area (Å²) in [7, 11) is -3.92. The fraction of sp³-hybridized carbons (Fsp3) is 0.542. The number of aliphatic hydroxyl groups is 1. The molecule has 9 nitrogen and oxygen atoms in total. The molecule has 1 aromatic carbocycles. The molecule has 3 amide bonds. The Bertz CT molecular complexity index is 1270. The molecule has 1 heterocycles. The number of anilines is 1. The third-order valence-corrected chi connectivity index (χ3v) is 9.22. The molecule has 2 N–H and O–H groups in total. The fourth-order valence-electron chi connectivity index (χ4n) is 4.37. The molecule has 0 bridgehead atoms. The van der Waals surface area contributed by atoms with Crippen LogP contribution in [0.4, 0.5) is 15.3 Å². The normalized spacial score (nSPS) is 16.3. The van der Waals surface area contributed by atoms with Gasteiger partial charge < -0.3 is 19.9 Å². The zero-order valence-corrected chi connectivity index (χ0v) is 26.4. The summed E-state index contributed by atoms with van der Waals surface area (Å²) >= 11 is 0.883. The Kier molecular flexibility index (Phi) is 9.15. The van der Waals surface area contributed by atoms with Gasteiger partial charge in [-0.2, -0.15) is 0 Å². The number of urea groups is 1. The number of nitrogens with one attached hydrogen (secondary N) is 1. The van der Waals surface area contributed by atoms with E-state index >= 15 is 0 Å². The van der Waals surface area contributed by atoms with Crippen molar-refractivity contribution < 1.29 is 75.0 Å². The van der Waals surface area contributed by atoms with E-state index in [0.29, 0.717) is 0 Å². The number of hydrogen-bond donors (Lipinski definition) is 2. The molecule has 1 unspecified atom stereocenters. The van der Waals surface area contributed by atoms with Crippen LogP contribution in [-0.4, -0.2) is 32.0 Å². The molecule has 0 saturated carbocycles. The van der Waals surface area contributed by atoms with Crippen LogP contribution in [-0.2, 0) is 45.9 Å². The van der Waals surface area contributed by atoms with E-state index in [1.807, 2.05) is 0 Å². The molecule has 0 fully saturated rings. The summed E-state index contributed by atoms with van der Waals surface area (Å²) in [5.41, 5.74) is 3.25. The maximum atomic E-state index is 13.9. The molecule has 36 heavy (non-hydrogen) atoms. The summed E-state index contributed by atoms with van der Waals surface area (Å²) in [4.78, 5) is 29.7. The van der Waals surface area contributed by atoms with Gasteiger partial charge in [0.1, 0.15) is 30.3 Å². The van der Waals surface area contributed by atoms with Crippen molar-refractivity contribution in [1.29, 1.82) is 0 Å². The van der Waals surface area contributed by atoms with Gasteiger partial charge in [0.15, 0.2) is 6.03 Å². The number of rotatable bonds is 4. The van der Waals surface area contributed by atoms with Crippen molar-refractivity contribution in [3.8, 4) is 0 Å². The van der Waals surface area contributed by atoms with E-state index in [1.54, 1.807) is 20.8 Å². The first-order chi connectivity index (χ1) is 16.2. The monoisotopic (exact) mass is 558 g/mol. The van der Waals surface area contributed by atoms with Gasteiger partial charge in [-0.25, -0.2) is 14.0 Å². The van der Waals surface area contributed by atoms with Gasteiger partial charge >= 0.3 is 57.5 Å². The van der Waals surface area contributed by atoms with Crippen molar-refractivity contribution in [2.75, 3.05) is 5.32 Å². The number of aryl methyl sites for hydroxylation is 2. The van der Waals surface area contributed by atoms with Crippen molar-refractivity contribution >= 4 is 39.1 Å². The predicted molar refractivity (Wildman–Crippen MR) is 135 cm³/mol. The van der Waals surface area contributed by atoms with Crippen LogP contribution in [0.25, 0.3) is 4.72 Å². The molecule has 1 aromatic heterocycles. The zero-order valence-electron chi connectivity index (χ0n) is 21.6. The zero-order chi connectivity index (χ0) is 25.6. The molecule has 2 aromatic rings. The summed E-state index contributed by atoms with van der Waals surface area (Å²) in [5.74, 6) is 0. The quantitative estimate of drug-likeness (QED) is 0.555. The van der Waals surface area contributed by atoms with Gasteiger partial charge in [-0.3, -0.25) is 4.79 Å². The number of fused-ring (bicyclic) bond motifs is 2. The molecule has 0 saturated heterocycles. The third-order valence-electron chi connectivity index (χ3n) is 5.77. The van der Waals surface area contributed by atoms with E-state index in [0.717, 1.165) is 66.7 Å². The predicted octanol–water partition coefficient (Wildman–Crippen LogP) is 2.63. The second-order valence-electron chi connectivity index (χ2n) is 10.4. The standard InChI is InChI=1S/C24H32N4O5S2.K/c1-23(2,3)33-22(30)28-35(32,18-13-25-20(34-18)24(4,5)31)27-21(29)26-19-16-10-6-8-14(16)12-15-9-7-11-17(15)19;/h12-13,31H,6-11H2,1-5H3,(H2,26,27,28,29,30,32);/q;+1/p-1. The maximum absolute atomic E-state index is 13.9. The van der Waals surface area contributed by atoms with Gasteiger partial charge in [0.25, 0.3) is 0 Å². The third kappa shape index (κ3) is 6.76. The minimum absolute atomic E-state index is 0. The molecule has 0 radical (unpaired) electrons. The summed E-state index contributed by atoms with van der Waals surface area (Å²) in [5, 5.41) is 13.4. The van der Waals surface area contributed by atoms with Crippen LogP contribution in [0.1, 0.15) is 74.7 Å². The Morgan fingerprint density at radius 2 is 1.69 bits per heavy atom. The average Bonchev–Trinajstić information content (AvgIpc) is 3.45.